The number of aromatic nitrogens is 2. The molecule has 8 nitrogen and oxygen atoms in total. The zero-order valence-corrected chi connectivity index (χ0v) is 18.8. The van der Waals surface area contributed by atoms with E-state index in [4.69, 9.17) is 21.1 Å². The Morgan fingerprint density at radius 2 is 2.06 bits per heavy atom. The lowest BCUT2D eigenvalue weighted by Gasteiger charge is -2.43. The van der Waals surface area contributed by atoms with Gasteiger partial charge in [-0.2, -0.15) is 0 Å². The van der Waals surface area contributed by atoms with E-state index in [1.54, 1.807) is 29.2 Å². The van der Waals surface area contributed by atoms with Crippen LogP contribution in [0.4, 0.5) is 26.4 Å². The van der Waals surface area contributed by atoms with Gasteiger partial charge in [0.15, 0.2) is 5.82 Å². The smallest absolute Gasteiger partial charge is 0.414 e. The van der Waals surface area contributed by atoms with E-state index >= 15 is 0 Å². The molecule has 0 bridgehead atoms. The molecule has 3 heterocycles. The van der Waals surface area contributed by atoms with E-state index in [2.05, 4.69) is 20.6 Å². The summed E-state index contributed by atoms with van der Waals surface area (Å²) < 4.78 is 26.0. The van der Waals surface area contributed by atoms with Gasteiger partial charge in [-0.25, -0.2) is 19.2 Å². The number of methoxy groups -OCH3 is 1. The number of nitrogens with one attached hydrogen (secondary N) is 2. The van der Waals surface area contributed by atoms with Crippen molar-refractivity contribution in [3.05, 3.63) is 47.5 Å². The van der Waals surface area contributed by atoms with E-state index in [1.165, 1.54) is 19.5 Å². The SMILES string of the molecule is COc1cc2ncnc(Nc3cccc(Cl)c3F)c2cc1N1CCC2(CCNCC2)OC1=O. The zero-order chi connectivity index (χ0) is 23.0. The average molecular weight is 472 g/mol. The van der Waals surface area contributed by atoms with Crippen molar-refractivity contribution in [1.82, 2.24) is 15.3 Å². The summed E-state index contributed by atoms with van der Waals surface area (Å²) in [5.41, 5.74) is 0.895. The molecule has 0 atom stereocenters. The number of carbonyl (C=O) groups is 1. The zero-order valence-electron chi connectivity index (χ0n) is 18.0. The Morgan fingerprint density at radius 1 is 1.24 bits per heavy atom. The van der Waals surface area contributed by atoms with Gasteiger partial charge in [-0.3, -0.25) is 4.90 Å². The van der Waals surface area contributed by atoms with Crippen LogP contribution in [0.1, 0.15) is 19.3 Å². The number of amides is 1. The number of rotatable bonds is 4. The Bertz CT molecular complexity index is 1220. The lowest BCUT2D eigenvalue weighted by molar-refractivity contribution is -0.0262. The van der Waals surface area contributed by atoms with E-state index in [1.807, 2.05) is 0 Å². The average Bonchev–Trinajstić information content (AvgIpc) is 2.82. The molecule has 1 aromatic heterocycles. The highest BCUT2D eigenvalue weighted by molar-refractivity contribution is 6.31. The molecule has 1 amide bonds. The molecule has 2 saturated heterocycles. The third-order valence-corrected chi connectivity index (χ3v) is 6.55. The second-order valence-electron chi connectivity index (χ2n) is 8.19. The highest BCUT2D eigenvalue weighted by Gasteiger charge is 2.42. The first kappa shape index (κ1) is 21.7. The number of ether oxygens (including phenoxy) is 2. The van der Waals surface area contributed by atoms with Crippen LogP contribution in [0.2, 0.25) is 5.02 Å². The Kier molecular flexibility index (Phi) is 5.67. The van der Waals surface area contributed by atoms with Gasteiger partial charge in [0.05, 0.1) is 29.0 Å². The molecule has 3 aromatic rings. The predicted molar refractivity (Wildman–Crippen MR) is 124 cm³/mol. The second kappa shape index (κ2) is 8.64. The first-order valence-electron chi connectivity index (χ1n) is 10.7. The molecule has 0 aliphatic carbocycles. The van der Waals surface area contributed by atoms with Crippen LogP contribution in [0.3, 0.4) is 0 Å². The maximum absolute atomic E-state index is 14.5. The highest BCUT2D eigenvalue weighted by atomic mass is 35.5. The molecule has 2 aliphatic rings. The van der Waals surface area contributed by atoms with Gasteiger partial charge in [-0.05, 0) is 44.1 Å². The predicted octanol–water partition coefficient (Wildman–Crippen LogP) is 4.64. The van der Waals surface area contributed by atoms with E-state index in [-0.39, 0.29) is 10.7 Å². The minimum absolute atomic E-state index is 0.00336. The third kappa shape index (κ3) is 4.02. The van der Waals surface area contributed by atoms with Gasteiger partial charge >= 0.3 is 6.09 Å². The lowest BCUT2D eigenvalue weighted by atomic mass is 9.87. The summed E-state index contributed by atoms with van der Waals surface area (Å²) in [5.74, 6) is 0.288. The minimum atomic E-state index is -0.577. The number of hydrogen-bond acceptors (Lipinski definition) is 7. The quantitative estimate of drug-likeness (QED) is 0.572. The van der Waals surface area contributed by atoms with Crippen molar-refractivity contribution in [2.75, 3.05) is 37.0 Å². The van der Waals surface area contributed by atoms with E-state index in [0.717, 1.165) is 32.4 Å². The van der Waals surface area contributed by atoms with Gasteiger partial charge in [0.2, 0.25) is 0 Å². The number of nitrogens with zero attached hydrogens (tertiary/aromatic N) is 3. The minimum Gasteiger partial charge on any atom is -0.494 e. The molecule has 1 spiro atoms. The maximum Gasteiger partial charge on any atom is 0.414 e. The highest BCUT2D eigenvalue weighted by Crippen LogP contribution is 2.40. The maximum atomic E-state index is 14.5. The molecule has 2 N–H and O–H groups in total. The van der Waals surface area contributed by atoms with Crippen molar-refractivity contribution in [2.45, 2.75) is 24.9 Å². The number of carbonyl (C=O) groups excluding carboxylic acids is 1. The number of hydrogen-bond donors (Lipinski definition) is 2. The van der Waals surface area contributed by atoms with Gasteiger partial charge in [0.25, 0.3) is 0 Å². The molecule has 2 aliphatic heterocycles. The fraction of sp³-hybridized carbons (Fsp3) is 0.348. The number of halogens is 2. The van der Waals surface area contributed by atoms with E-state index in [9.17, 15) is 9.18 Å². The fourth-order valence-corrected chi connectivity index (χ4v) is 4.60. The van der Waals surface area contributed by atoms with Gasteiger partial charge in [-0.15, -0.1) is 0 Å². The van der Waals surface area contributed by atoms with Gasteiger partial charge in [0, 0.05) is 24.4 Å². The van der Waals surface area contributed by atoms with Crippen LogP contribution in [0.25, 0.3) is 10.9 Å². The summed E-state index contributed by atoms with van der Waals surface area (Å²) in [6, 6.07) is 8.18. The Labute approximate surface area is 195 Å². The van der Waals surface area contributed by atoms with Gasteiger partial charge in [-0.1, -0.05) is 17.7 Å². The molecule has 0 saturated carbocycles. The summed E-state index contributed by atoms with van der Waals surface area (Å²) in [6.07, 6.45) is 3.30. The topological polar surface area (TPSA) is 88.6 Å². The van der Waals surface area contributed by atoms with Gasteiger partial charge < -0.3 is 20.1 Å². The molecule has 5 rings (SSSR count). The van der Waals surface area contributed by atoms with Crippen LogP contribution in [-0.4, -0.2) is 48.4 Å². The molecule has 10 heteroatoms. The lowest BCUT2D eigenvalue weighted by Crippen LogP contribution is -2.54. The molecule has 33 heavy (non-hydrogen) atoms. The monoisotopic (exact) mass is 471 g/mol. The summed E-state index contributed by atoms with van der Waals surface area (Å²) in [5, 5.41) is 6.90. The van der Waals surface area contributed by atoms with Crippen molar-refractivity contribution < 1.29 is 18.7 Å². The number of fused-ring (bicyclic) bond motifs is 1. The summed E-state index contributed by atoms with van der Waals surface area (Å²) in [4.78, 5) is 23.2. The third-order valence-electron chi connectivity index (χ3n) is 6.26. The number of anilines is 3. The van der Waals surface area contributed by atoms with Crippen molar-refractivity contribution in [3.63, 3.8) is 0 Å². The molecule has 2 aromatic carbocycles. The Hall–Kier alpha value is -3.17. The van der Waals surface area contributed by atoms with Crippen LogP contribution in [-0.2, 0) is 4.74 Å². The van der Waals surface area contributed by atoms with Crippen LogP contribution in [0.15, 0.2) is 36.7 Å². The molecule has 0 radical (unpaired) electrons. The summed E-state index contributed by atoms with van der Waals surface area (Å²) in [7, 11) is 1.54. The molecular formula is C23H23ClFN5O3. The second-order valence-corrected chi connectivity index (χ2v) is 8.60. The van der Waals surface area contributed by atoms with Crippen LogP contribution >= 0.6 is 11.6 Å². The molecule has 172 valence electrons. The number of benzene rings is 2. The van der Waals surface area contributed by atoms with E-state index < -0.39 is 17.5 Å². The van der Waals surface area contributed by atoms with Crippen molar-refractivity contribution in [2.24, 2.45) is 0 Å². The first-order valence-corrected chi connectivity index (χ1v) is 11.1. The van der Waals surface area contributed by atoms with Crippen LogP contribution in [0.5, 0.6) is 5.75 Å². The van der Waals surface area contributed by atoms with Crippen molar-refractivity contribution >= 4 is 45.8 Å². The Morgan fingerprint density at radius 3 is 2.82 bits per heavy atom. The first-order chi connectivity index (χ1) is 16.0. The van der Waals surface area contributed by atoms with Crippen molar-refractivity contribution in [1.29, 1.82) is 0 Å². The number of piperidine rings is 1. The Balaban J connectivity index is 1.52. The standard InChI is InChI=1S/C23H23ClFN5O3/c1-32-19-12-17-14(21(28-13-27-17)29-16-4-2-3-15(24)20(16)25)11-18(19)30-10-7-23(33-22(30)31)5-8-26-9-6-23/h2-4,11-13,26H,5-10H2,1H3,(H,27,28,29). The molecule has 0 unspecified atom stereocenters. The normalized spacial score (nSPS) is 17.8. The molecule has 2 fully saturated rings. The van der Waals surface area contributed by atoms with Crippen LogP contribution in [0, 0.1) is 5.82 Å². The molecular weight excluding hydrogens is 449 g/mol. The van der Waals surface area contributed by atoms with Gasteiger partial charge in [0.1, 0.15) is 23.5 Å². The fourth-order valence-electron chi connectivity index (χ4n) is 4.43. The summed E-state index contributed by atoms with van der Waals surface area (Å²) >= 11 is 5.92. The largest absolute Gasteiger partial charge is 0.494 e. The van der Waals surface area contributed by atoms with E-state index in [0.29, 0.717) is 34.7 Å². The van der Waals surface area contributed by atoms with Crippen LogP contribution < -0.4 is 20.3 Å². The summed E-state index contributed by atoms with van der Waals surface area (Å²) in [6.45, 7) is 2.16. The van der Waals surface area contributed by atoms with Crippen molar-refractivity contribution in [3.8, 4) is 5.75 Å².